The van der Waals surface area contributed by atoms with E-state index < -0.39 is 0 Å². The summed E-state index contributed by atoms with van der Waals surface area (Å²) >= 11 is 1.38. The van der Waals surface area contributed by atoms with E-state index in [1.807, 2.05) is 19.2 Å². The standard InChI is InChI=1S/C17H23N5OS/c1-21-13-18-20-17(21)24-12-16(23)19-14-6-8-15(9-7-14)22-10-4-2-3-5-11-22/h6-9,13H,2-5,10-12H2,1H3,(H,19,23). The Morgan fingerprint density at radius 1 is 1.17 bits per heavy atom. The van der Waals surface area contributed by atoms with Gasteiger partial charge in [0.25, 0.3) is 0 Å². The Morgan fingerprint density at radius 3 is 2.50 bits per heavy atom. The zero-order valence-corrected chi connectivity index (χ0v) is 14.8. The summed E-state index contributed by atoms with van der Waals surface area (Å²) in [5.74, 6) is 0.283. The normalized spacial score (nSPS) is 15.1. The predicted octanol–water partition coefficient (Wildman–Crippen LogP) is 2.93. The van der Waals surface area contributed by atoms with E-state index in [9.17, 15) is 4.79 Å². The van der Waals surface area contributed by atoms with Gasteiger partial charge in [0.2, 0.25) is 5.91 Å². The monoisotopic (exact) mass is 345 g/mol. The zero-order chi connectivity index (χ0) is 16.8. The third kappa shape index (κ3) is 4.50. The molecule has 1 amide bonds. The molecule has 0 radical (unpaired) electrons. The number of thioether (sulfide) groups is 1. The van der Waals surface area contributed by atoms with Crippen molar-refractivity contribution in [3.05, 3.63) is 30.6 Å². The number of carbonyl (C=O) groups is 1. The first-order valence-electron chi connectivity index (χ1n) is 8.34. The fraction of sp³-hybridized carbons (Fsp3) is 0.471. The Kier molecular flexibility index (Phi) is 5.74. The van der Waals surface area contributed by atoms with E-state index in [1.165, 1.54) is 43.1 Å². The van der Waals surface area contributed by atoms with E-state index in [1.54, 1.807) is 10.9 Å². The molecule has 0 spiro atoms. The molecule has 1 aromatic heterocycles. The summed E-state index contributed by atoms with van der Waals surface area (Å²) in [6.45, 7) is 2.25. The SMILES string of the molecule is Cn1cnnc1SCC(=O)Nc1ccc(N2CCCCCC2)cc1. The molecule has 7 heteroatoms. The van der Waals surface area contributed by atoms with E-state index in [-0.39, 0.29) is 5.91 Å². The molecular weight excluding hydrogens is 322 g/mol. The van der Waals surface area contributed by atoms with Crippen LogP contribution in [0.15, 0.2) is 35.7 Å². The average molecular weight is 345 g/mol. The van der Waals surface area contributed by atoms with Gasteiger partial charge < -0.3 is 14.8 Å². The second-order valence-electron chi connectivity index (χ2n) is 6.01. The Labute approximate surface area is 146 Å². The van der Waals surface area contributed by atoms with Gasteiger partial charge in [-0.3, -0.25) is 4.79 Å². The van der Waals surface area contributed by atoms with E-state index in [4.69, 9.17) is 0 Å². The maximum absolute atomic E-state index is 12.1. The molecule has 128 valence electrons. The largest absolute Gasteiger partial charge is 0.372 e. The molecule has 1 aromatic carbocycles. The molecule has 2 heterocycles. The number of nitrogens with one attached hydrogen (secondary N) is 1. The highest BCUT2D eigenvalue weighted by Crippen LogP contribution is 2.22. The molecule has 0 saturated carbocycles. The molecule has 1 aliphatic heterocycles. The number of benzene rings is 1. The van der Waals surface area contributed by atoms with Crippen LogP contribution in [0.4, 0.5) is 11.4 Å². The first-order chi connectivity index (χ1) is 11.7. The number of aromatic nitrogens is 3. The molecule has 1 fully saturated rings. The minimum absolute atomic E-state index is 0.0366. The summed E-state index contributed by atoms with van der Waals surface area (Å²) in [7, 11) is 1.86. The Bertz CT molecular complexity index is 662. The summed E-state index contributed by atoms with van der Waals surface area (Å²) in [6.07, 6.45) is 6.80. The van der Waals surface area contributed by atoms with Crippen molar-refractivity contribution < 1.29 is 4.79 Å². The summed E-state index contributed by atoms with van der Waals surface area (Å²) in [6, 6.07) is 8.14. The number of rotatable bonds is 5. The first kappa shape index (κ1) is 16.8. The van der Waals surface area contributed by atoms with E-state index in [0.717, 1.165) is 23.9 Å². The van der Waals surface area contributed by atoms with Gasteiger partial charge in [0, 0.05) is 31.5 Å². The lowest BCUT2D eigenvalue weighted by Gasteiger charge is -2.22. The van der Waals surface area contributed by atoms with Crippen molar-refractivity contribution in [1.29, 1.82) is 0 Å². The van der Waals surface area contributed by atoms with Gasteiger partial charge in [-0.15, -0.1) is 10.2 Å². The van der Waals surface area contributed by atoms with Crippen LogP contribution in [0.5, 0.6) is 0 Å². The highest BCUT2D eigenvalue weighted by molar-refractivity contribution is 7.99. The maximum Gasteiger partial charge on any atom is 0.234 e. The molecular formula is C17H23N5OS. The molecule has 1 N–H and O–H groups in total. The fourth-order valence-electron chi connectivity index (χ4n) is 2.81. The average Bonchev–Trinajstić information content (AvgIpc) is 2.84. The van der Waals surface area contributed by atoms with Crippen molar-refractivity contribution in [1.82, 2.24) is 14.8 Å². The second kappa shape index (κ2) is 8.19. The summed E-state index contributed by atoms with van der Waals surface area (Å²) in [4.78, 5) is 14.5. The van der Waals surface area contributed by atoms with Gasteiger partial charge in [0.1, 0.15) is 6.33 Å². The van der Waals surface area contributed by atoms with Crippen LogP contribution >= 0.6 is 11.8 Å². The molecule has 0 bridgehead atoms. The molecule has 0 unspecified atom stereocenters. The Morgan fingerprint density at radius 2 is 1.88 bits per heavy atom. The molecule has 1 aliphatic rings. The lowest BCUT2D eigenvalue weighted by atomic mass is 10.2. The maximum atomic E-state index is 12.1. The van der Waals surface area contributed by atoms with Gasteiger partial charge in [-0.1, -0.05) is 24.6 Å². The summed E-state index contributed by atoms with van der Waals surface area (Å²) < 4.78 is 1.80. The zero-order valence-electron chi connectivity index (χ0n) is 13.9. The minimum Gasteiger partial charge on any atom is -0.372 e. The number of hydrogen-bond acceptors (Lipinski definition) is 5. The van der Waals surface area contributed by atoms with Crippen LogP contribution in [0.25, 0.3) is 0 Å². The van der Waals surface area contributed by atoms with Crippen molar-refractivity contribution in [2.45, 2.75) is 30.8 Å². The minimum atomic E-state index is -0.0366. The van der Waals surface area contributed by atoms with Gasteiger partial charge in [-0.25, -0.2) is 0 Å². The van der Waals surface area contributed by atoms with Crippen LogP contribution in [-0.4, -0.2) is 39.5 Å². The molecule has 3 rings (SSSR count). The Balaban J connectivity index is 1.51. The van der Waals surface area contributed by atoms with Crippen LogP contribution < -0.4 is 10.2 Å². The quantitative estimate of drug-likeness (QED) is 0.844. The van der Waals surface area contributed by atoms with Crippen LogP contribution in [-0.2, 0) is 11.8 Å². The topological polar surface area (TPSA) is 63.1 Å². The van der Waals surface area contributed by atoms with Gasteiger partial charge in [-0.2, -0.15) is 0 Å². The number of carbonyl (C=O) groups excluding carboxylic acids is 1. The molecule has 6 nitrogen and oxygen atoms in total. The number of aryl methyl sites for hydroxylation is 1. The fourth-order valence-corrected chi connectivity index (χ4v) is 3.50. The van der Waals surface area contributed by atoms with Crippen molar-refractivity contribution in [3.63, 3.8) is 0 Å². The molecule has 0 atom stereocenters. The van der Waals surface area contributed by atoms with Crippen molar-refractivity contribution >= 4 is 29.0 Å². The first-order valence-corrected chi connectivity index (χ1v) is 9.32. The van der Waals surface area contributed by atoms with E-state index in [0.29, 0.717) is 5.75 Å². The number of nitrogens with zero attached hydrogens (tertiary/aromatic N) is 4. The second-order valence-corrected chi connectivity index (χ2v) is 6.95. The van der Waals surface area contributed by atoms with Crippen molar-refractivity contribution in [3.8, 4) is 0 Å². The highest BCUT2D eigenvalue weighted by Gasteiger charge is 2.11. The summed E-state index contributed by atoms with van der Waals surface area (Å²) in [5.41, 5.74) is 2.07. The van der Waals surface area contributed by atoms with E-state index in [2.05, 4.69) is 32.5 Å². The van der Waals surface area contributed by atoms with Gasteiger partial charge in [-0.05, 0) is 37.1 Å². The smallest absolute Gasteiger partial charge is 0.234 e. The lowest BCUT2D eigenvalue weighted by molar-refractivity contribution is -0.113. The summed E-state index contributed by atoms with van der Waals surface area (Å²) in [5, 5.41) is 11.4. The van der Waals surface area contributed by atoms with Gasteiger partial charge in [0.05, 0.1) is 5.75 Å². The van der Waals surface area contributed by atoms with Crippen LogP contribution in [0, 0.1) is 0 Å². The molecule has 1 saturated heterocycles. The van der Waals surface area contributed by atoms with Crippen LogP contribution in [0.3, 0.4) is 0 Å². The predicted molar refractivity (Wildman–Crippen MR) is 97.5 cm³/mol. The van der Waals surface area contributed by atoms with E-state index >= 15 is 0 Å². The number of anilines is 2. The highest BCUT2D eigenvalue weighted by atomic mass is 32.2. The molecule has 24 heavy (non-hydrogen) atoms. The van der Waals surface area contributed by atoms with Gasteiger partial charge >= 0.3 is 0 Å². The molecule has 2 aromatic rings. The number of hydrogen-bond donors (Lipinski definition) is 1. The van der Waals surface area contributed by atoms with Crippen LogP contribution in [0.1, 0.15) is 25.7 Å². The third-order valence-corrected chi connectivity index (χ3v) is 5.16. The van der Waals surface area contributed by atoms with Gasteiger partial charge in [0.15, 0.2) is 5.16 Å². The van der Waals surface area contributed by atoms with Crippen LogP contribution in [0.2, 0.25) is 0 Å². The van der Waals surface area contributed by atoms with Crippen molar-refractivity contribution in [2.24, 2.45) is 7.05 Å². The lowest BCUT2D eigenvalue weighted by Crippen LogP contribution is -2.23. The molecule has 0 aliphatic carbocycles. The Hall–Kier alpha value is -2.02. The number of amides is 1. The van der Waals surface area contributed by atoms with Crippen molar-refractivity contribution in [2.75, 3.05) is 29.1 Å². The third-order valence-electron chi connectivity index (χ3n) is 4.12.